The number of hydrogen-bond acceptors (Lipinski definition) is 5. The summed E-state index contributed by atoms with van der Waals surface area (Å²) in [5, 5.41) is 3.42. The molecule has 0 aliphatic carbocycles. The van der Waals surface area contributed by atoms with E-state index in [1.807, 2.05) is 60.7 Å². The van der Waals surface area contributed by atoms with Gasteiger partial charge in [-0.2, -0.15) is 0 Å². The van der Waals surface area contributed by atoms with E-state index >= 15 is 0 Å². The number of carbonyl (C=O) groups excluding carboxylic acids is 2. The minimum atomic E-state index is -1.32. The van der Waals surface area contributed by atoms with Gasteiger partial charge in [0.05, 0.1) is 16.4 Å². The Morgan fingerprint density at radius 1 is 0.788 bits per heavy atom. The highest BCUT2D eigenvalue weighted by molar-refractivity contribution is 8.00. The lowest BCUT2D eigenvalue weighted by molar-refractivity contribution is 0.00477. The molecule has 0 radical (unpaired) electrons. The first kappa shape index (κ1) is 21.5. The minimum Gasteiger partial charge on any atom is -0.461 e. The highest BCUT2D eigenvalue weighted by atomic mass is 32.2. The van der Waals surface area contributed by atoms with Gasteiger partial charge in [0, 0.05) is 5.75 Å². The summed E-state index contributed by atoms with van der Waals surface area (Å²) in [7, 11) is 0. The summed E-state index contributed by atoms with van der Waals surface area (Å²) >= 11 is 1.31. The summed E-state index contributed by atoms with van der Waals surface area (Å²) in [4.78, 5) is 25.3. The van der Waals surface area contributed by atoms with Gasteiger partial charge in [0.25, 0.3) is 0 Å². The molecule has 1 heterocycles. The molecule has 3 atom stereocenters. The van der Waals surface area contributed by atoms with Crippen LogP contribution < -0.4 is 0 Å². The van der Waals surface area contributed by atoms with Crippen LogP contribution in [0.25, 0.3) is 21.5 Å². The van der Waals surface area contributed by atoms with Crippen LogP contribution >= 0.6 is 11.8 Å². The van der Waals surface area contributed by atoms with E-state index in [0.29, 0.717) is 11.1 Å². The quantitative estimate of drug-likeness (QED) is 0.351. The molecule has 0 saturated carbocycles. The first-order valence-electron chi connectivity index (χ1n) is 10.7. The zero-order chi connectivity index (χ0) is 22.8. The van der Waals surface area contributed by atoms with Crippen LogP contribution in [0, 0.1) is 0 Å². The van der Waals surface area contributed by atoms with E-state index in [0.717, 1.165) is 21.5 Å². The predicted octanol–water partition coefficient (Wildman–Crippen LogP) is 5.83. The highest BCUT2D eigenvalue weighted by Gasteiger charge is 2.41. The van der Waals surface area contributed by atoms with Gasteiger partial charge < -0.3 is 9.47 Å². The standard InChI is InChI=1S/C27H21FO4S/c28-23-16-33-24(15-31-26(29)21-11-9-17-5-1-3-7-19(17)13-21)25(23)32-27(30)22-12-10-18-6-2-4-8-20(18)14-22/h1-14,23-25H,15-16H2/t23-,24+,25-/m0/s1. The van der Waals surface area contributed by atoms with Crippen LogP contribution in [0.5, 0.6) is 0 Å². The molecule has 0 unspecified atom stereocenters. The molecule has 4 aromatic rings. The molecule has 1 aliphatic rings. The molecule has 1 saturated heterocycles. The molecule has 0 bridgehead atoms. The summed E-state index contributed by atoms with van der Waals surface area (Å²) in [6.07, 6.45) is -2.29. The van der Waals surface area contributed by atoms with E-state index in [-0.39, 0.29) is 12.4 Å². The number of fused-ring (bicyclic) bond motifs is 2. The van der Waals surface area contributed by atoms with Crippen LogP contribution in [0.3, 0.4) is 0 Å². The summed E-state index contributed by atoms with van der Waals surface area (Å²) in [6, 6.07) is 26.0. The van der Waals surface area contributed by atoms with Gasteiger partial charge in [0.2, 0.25) is 0 Å². The molecule has 1 aliphatic heterocycles. The van der Waals surface area contributed by atoms with Crippen molar-refractivity contribution in [3.63, 3.8) is 0 Å². The van der Waals surface area contributed by atoms with Crippen LogP contribution in [0.1, 0.15) is 20.7 Å². The summed E-state index contributed by atoms with van der Waals surface area (Å²) < 4.78 is 25.6. The molecule has 0 N–H and O–H groups in total. The lowest BCUT2D eigenvalue weighted by Crippen LogP contribution is -2.35. The smallest absolute Gasteiger partial charge is 0.338 e. The van der Waals surface area contributed by atoms with Crippen LogP contribution in [0.15, 0.2) is 84.9 Å². The SMILES string of the molecule is O=C(OC[C@H]1SC[C@H](F)[C@@H]1OC(=O)c1ccc2ccccc2c1)c1ccc2ccccc2c1. The second-order valence-corrected chi connectivity index (χ2v) is 9.25. The molecular weight excluding hydrogens is 439 g/mol. The van der Waals surface area contributed by atoms with Crippen molar-refractivity contribution in [3.8, 4) is 0 Å². The molecule has 4 nitrogen and oxygen atoms in total. The van der Waals surface area contributed by atoms with Crippen molar-refractivity contribution in [1.29, 1.82) is 0 Å². The number of ether oxygens (including phenoxy) is 2. The predicted molar refractivity (Wildman–Crippen MR) is 129 cm³/mol. The number of carbonyl (C=O) groups is 2. The fourth-order valence-electron chi connectivity index (χ4n) is 4.00. The van der Waals surface area contributed by atoms with Gasteiger partial charge in [-0.1, -0.05) is 60.7 Å². The van der Waals surface area contributed by atoms with Gasteiger partial charge in [-0.15, -0.1) is 11.8 Å². The Morgan fingerprint density at radius 2 is 1.33 bits per heavy atom. The Hall–Kier alpha value is -3.38. The Bertz CT molecular complexity index is 1340. The van der Waals surface area contributed by atoms with Gasteiger partial charge in [-0.05, 0) is 45.8 Å². The lowest BCUT2D eigenvalue weighted by Gasteiger charge is -2.20. The van der Waals surface area contributed by atoms with E-state index < -0.39 is 29.5 Å². The molecular formula is C27H21FO4S. The molecule has 33 heavy (non-hydrogen) atoms. The normalized spacial score (nSPS) is 20.1. The van der Waals surface area contributed by atoms with Crippen LogP contribution in [0.4, 0.5) is 4.39 Å². The first-order valence-corrected chi connectivity index (χ1v) is 11.7. The number of hydrogen-bond donors (Lipinski definition) is 0. The van der Waals surface area contributed by atoms with Gasteiger partial charge in [0.15, 0.2) is 0 Å². The van der Waals surface area contributed by atoms with Crippen molar-refractivity contribution in [2.45, 2.75) is 17.5 Å². The second kappa shape index (κ2) is 9.24. The largest absolute Gasteiger partial charge is 0.461 e. The van der Waals surface area contributed by atoms with Crippen molar-refractivity contribution >= 4 is 45.2 Å². The molecule has 5 rings (SSSR count). The third kappa shape index (κ3) is 4.57. The first-order chi connectivity index (χ1) is 16.1. The Morgan fingerprint density at radius 3 is 1.94 bits per heavy atom. The van der Waals surface area contributed by atoms with E-state index in [9.17, 15) is 14.0 Å². The van der Waals surface area contributed by atoms with E-state index in [2.05, 4.69) is 0 Å². The molecule has 6 heteroatoms. The lowest BCUT2D eigenvalue weighted by atomic mass is 10.1. The van der Waals surface area contributed by atoms with E-state index in [1.54, 1.807) is 24.3 Å². The number of thioether (sulfide) groups is 1. The second-order valence-electron chi connectivity index (χ2n) is 7.98. The zero-order valence-corrected chi connectivity index (χ0v) is 18.5. The molecule has 0 spiro atoms. The Balaban J connectivity index is 1.25. The zero-order valence-electron chi connectivity index (χ0n) is 17.6. The number of halogens is 1. The Kier molecular flexibility index (Phi) is 6.01. The van der Waals surface area contributed by atoms with Gasteiger partial charge in [-0.3, -0.25) is 0 Å². The van der Waals surface area contributed by atoms with Crippen molar-refractivity contribution in [3.05, 3.63) is 96.1 Å². The fourth-order valence-corrected chi connectivity index (χ4v) is 5.20. The van der Waals surface area contributed by atoms with Gasteiger partial charge >= 0.3 is 11.9 Å². The summed E-state index contributed by atoms with van der Waals surface area (Å²) in [5.74, 6) is -0.876. The highest BCUT2D eigenvalue weighted by Crippen LogP contribution is 2.33. The van der Waals surface area contributed by atoms with E-state index in [4.69, 9.17) is 9.47 Å². The third-order valence-corrected chi connectivity index (χ3v) is 7.13. The van der Waals surface area contributed by atoms with Gasteiger partial charge in [-0.25, -0.2) is 14.0 Å². The van der Waals surface area contributed by atoms with Crippen LogP contribution in [0.2, 0.25) is 0 Å². The van der Waals surface area contributed by atoms with Crippen molar-refractivity contribution in [1.82, 2.24) is 0 Å². The van der Waals surface area contributed by atoms with Crippen LogP contribution in [-0.2, 0) is 9.47 Å². The monoisotopic (exact) mass is 460 g/mol. The van der Waals surface area contributed by atoms with E-state index in [1.165, 1.54) is 11.8 Å². The third-order valence-electron chi connectivity index (χ3n) is 5.78. The molecule has 4 aromatic carbocycles. The number of benzene rings is 4. The van der Waals surface area contributed by atoms with Crippen LogP contribution in [-0.4, -0.2) is 41.8 Å². The maximum atomic E-state index is 14.6. The van der Waals surface area contributed by atoms with Crippen molar-refractivity contribution < 1.29 is 23.5 Å². The molecule has 166 valence electrons. The number of alkyl halides is 1. The van der Waals surface area contributed by atoms with Crippen molar-refractivity contribution in [2.24, 2.45) is 0 Å². The summed E-state index contributed by atoms with van der Waals surface area (Å²) in [5.41, 5.74) is 0.794. The topological polar surface area (TPSA) is 52.6 Å². The molecule has 0 amide bonds. The number of esters is 2. The number of rotatable bonds is 5. The average Bonchev–Trinajstić information content (AvgIpc) is 3.20. The Labute approximate surface area is 194 Å². The minimum absolute atomic E-state index is 0.0353. The van der Waals surface area contributed by atoms with Gasteiger partial charge in [0.1, 0.15) is 18.9 Å². The molecule has 1 fully saturated rings. The average molecular weight is 461 g/mol. The summed E-state index contributed by atoms with van der Waals surface area (Å²) in [6.45, 7) is -0.0353. The van der Waals surface area contributed by atoms with Crippen molar-refractivity contribution in [2.75, 3.05) is 12.4 Å². The maximum absolute atomic E-state index is 14.6. The maximum Gasteiger partial charge on any atom is 0.338 e. The molecule has 0 aromatic heterocycles. The fraction of sp³-hybridized carbons (Fsp3) is 0.185.